The number of aliphatic hydroxyl groups excluding tert-OH is 2. The molecule has 0 bridgehead atoms. The molecule has 2 heterocycles. The van der Waals surface area contributed by atoms with Crippen LogP contribution in [0.25, 0.3) is 0 Å². The SMILES string of the molecule is C[C@@H](O)[C@H](NC(=O)[C@@H]1CCCN1C(=O)[C@@H]1CCCN1C(=O)[C@H](CO)NC(=O)OCc1ccccc1)C(N)=O. The van der Waals surface area contributed by atoms with Gasteiger partial charge in [-0.25, -0.2) is 4.79 Å². The van der Waals surface area contributed by atoms with Crippen molar-refractivity contribution >= 4 is 29.7 Å². The highest BCUT2D eigenvalue weighted by Crippen LogP contribution is 2.25. The normalized spacial score (nSPS) is 21.3. The first-order valence-electron chi connectivity index (χ1n) is 12.6. The second-order valence-corrected chi connectivity index (χ2v) is 9.45. The van der Waals surface area contributed by atoms with Crippen LogP contribution in [0.5, 0.6) is 0 Å². The Labute approximate surface area is 220 Å². The number of alkyl carbamates (subject to hydrolysis) is 1. The molecular formula is C25H35N5O8. The average molecular weight is 534 g/mol. The third kappa shape index (κ3) is 6.98. The van der Waals surface area contributed by atoms with Gasteiger partial charge in [-0.2, -0.15) is 0 Å². The fourth-order valence-electron chi connectivity index (χ4n) is 4.75. The molecule has 0 spiro atoms. The van der Waals surface area contributed by atoms with Gasteiger partial charge in [0.2, 0.25) is 23.6 Å². The molecule has 208 valence electrons. The van der Waals surface area contributed by atoms with Crippen molar-refractivity contribution in [3.63, 3.8) is 0 Å². The lowest BCUT2D eigenvalue weighted by atomic mass is 10.1. The van der Waals surface area contributed by atoms with Crippen molar-refractivity contribution in [2.24, 2.45) is 5.73 Å². The number of nitrogens with two attached hydrogens (primary N) is 1. The third-order valence-electron chi connectivity index (χ3n) is 6.73. The van der Waals surface area contributed by atoms with Crippen LogP contribution in [0.3, 0.4) is 0 Å². The molecule has 13 heteroatoms. The zero-order valence-corrected chi connectivity index (χ0v) is 21.2. The number of nitrogens with zero attached hydrogens (tertiary/aromatic N) is 2. The Bertz CT molecular complexity index is 1020. The molecule has 0 saturated carbocycles. The maximum atomic E-state index is 13.5. The van der Waals surface area contributed by atoms with Crippen LogP contribution in [0.1, 0.15) is 38.2 Å². The lowest BCUT2D eigenvalue weighted by Crippen LogP contribution is -2.59. The Morgan fingerprint density at radius 1 is 1.03 bits per heavy atom. The van der Waals surface area contributed by atoms with Crippen LogP contribution in [0, 0.1) is 0 Å². The molecule has 2 aliphatic rings. The fourth-order valence-corrected chi connectivity index (χ4v) is 4.75. The predicted octanol–water partition coefficient (Wildman–Crippen LogP) is -1.39. The molecule has 2 saturated heterocycles. The number of carbonyl (C=O) groups excluding carboxylic acids is 5. The Morgan fingerprint density at radius 3 is 2.26 bits per heavy atom. The number of nitrogens with one attached hydrogen (secondary N) is 2. The molecular weight excluding hydrogens is 498 g/mol. The van der Waals surface area contributed by atoms with E-state index in [-0.39, 0.29) is 19.7 Å². The summed E-state index contributed by atoms with van der Waals surface area (Å²) in [4.78, 5) is 66.0. The molecule has 5 amide bonds. The minimum atomic E-state index is -1.31. The van der Waals surface area contributed by atoms with Crippen LogP contribution >= 0.6 is 0 Å². The van der Waals surface area contributed by atoms with E-state index in [2.05, 4.69) is 10.6 Å². The van der Waals surface area contributed by atoms with E-state index in [0.29, 0.717) is 25.7 Å². The van der Waals surface area contributed by atoms with Gasteiger partial charge in [-0.1, -0.05) is 30.3 Å². The fraction of sp³-hybridized carbons (Fsp3) is 0.560. The van der Waals surface area contributed by atoms with Crippen LogP contribution in [-0.2, 0) is 30.5 Å². The number of primary amides is 1. The van der Waals surface area contributed by atoms with Crippen molar-refractivity contribution < 1.29 is 38.9 Å². The highest BCUT2D eigenvalue weighted by Gasteiger charge is 2.44. The summed E-state index contributed by atoms with van der Waals surface area (Å²) in [7, 11) is 0. The number of rotatable bonds is 10. The Morgan fingerprint density at radius 2 is 1.66 bits per heavy atom. The minimum Gasteiger partial charge on any atom is -0.445 e. The zero-order valence-electron chi connectivity index (χ0n) is 21.2. The largest absolute Gasteiger partial charge is 0.445 e. The van der Waals surface area contributed by atoms with Gasteiger partial charge < -0.3 is 41.1 Å². The topological polar surface area (TPSA) is 192 Å². The second-order valence-electron chi connectivity index (χ2n) is 9.45. The highest BCUT2D eigenvalue weighted by molar-refractivity contribution is 5.96. The number of hydrogen-bond acceptors (Lipinski definition) is 8. The van der Waals surface area contributed by atoms with Gasteiger partial charge in [-0.05, 0) is 38.2 Å². The number of carbonyl (C=O) groups is 5. The van der Waals surface area contributed by atoms with Crippen molar-refractivity contribution in [3.8, 4) is 0 Å². The molecule has 2 fully saturated rings. The lowest BCUT2D eigenvalue weighted by Gasteiger charge is -2.33. The maximum absolute atomic E-state index is 13.5. The molecule has 2 aliphatic heterocycles. The van der Waals surface area contributed by atoms with E-state index in [0.717, 1.165) is 5.56 Å². The number of ether oxygens (including phenoxy) is 1. The first kappa shape index (κ1) is 28.9. The zero-order chi connectivity index (χ0) is 27.8. The molecule has 1 aromatic rings. The van der Waals surface area contributed by atoms with Gasteiger partial charge in [0.25, 0.3) is 0 Å². The van der Waals surface area contributed by atoms with Gasteiger partial charge in [0, 0.05) is 13.1 Å². The van der Waals surface area contributed by atoms with E-state index in [4.69, 9.17) is 10.5 Å². The Kier molecular flexibility index (Phi) is 10.0. The van der Waals surface area contributed by atoms with Crippen molar-refractivity contribution in [2.75, 3.05) is 19.7 Å². The molecule has 3 rings (SSSR count). The lowest BCUT2D eigenvalue weighted by molar-refractivity contribution is -0.148. The molecule has 0 aromatic heterocycles. The minimum absolute atomic E-state index is 0.0199. The third-order valence-corrected chi connectivity index (χ3v) is 6.73. The Balaban J connectivity index is 1.62. The van der Waals surface area contributed by atoms with Crippen LogP contribution < -0.4 is 16.4 Å². The standard InChI is InChI=1S/C25H35N5O8/c1-15(32)20(21(26)33)28-22(34)18-9-5-11-29(18)24(36)19-10-6-12-30(19)23(35)17(13-31)27-25(37)38-14-16-7-3-2-4-8-16/h2-4,7-8,15,17-20,31-32H,5-6,9-14H2,1H3,(H2,26,33)(H,27,37)(H,28,34)/t15-,17+,18+,19+,20+/m1/s1. The summed E-state index contributed by atoms with van der Waals surface area (Å²) in [5.74, 6) is -2.60. The summed E-state index contributed by atoms with van der Waals surface area (Å²) < 4.78 is 5.13. The molecule has 0 unspecified atom stereocenters. The first-order valence-corrected chi connectivity index (χ1v) is 12.6. The smallest absolute Gasteiger partial charge is 0.408 e. The molecule has 5 atom stereocenters. The van der Waals surface area contributed by atoms with E-state index in [1.165, 1.54) is 16.7 Å². The molecule has 6 N–H and O–H groups in total. The van der Waals surface area contributed by atoms with Crippen LogP contribution in [0.15, 0.2) is 30.3 Å². The average Bonchev–Trinajstić information content (AvgIpc) is 3.59. The van der Waals surface area contributed by atoms with E-state index in [1.807, 2.05) is 6.07 Å². The summed E-state index contributed by atoms with van der Waals surface area (Å²) in [5.41, 5.74) is 6.01. The number of benzene rings is 1. The number of aliphatic hydroxyl groups is 2. The quantitative estimate of drug-likeness (QED) is 0.243. The molecule has 0 aliphatic carbocycles. The van der Waals surface area contributed by atoms with E-state index >= 15 is 0 Å². The van der Waals surface area contributed by atoms with Gasteiger partial charge in [0.15, 0.2) is 0 Å². The van der Waals surface area contributed by atoms with Crippen molar-refractivity contribution in [3.05, 3.63) is 35.9 Å². The summed E-state index contributed by atoms with van der Waals surface area (Å²) in [6, 6.07) is 4.56. The van der Waals surface area contributed by atoms with Crippen LogP contribution in [0.4, 0.5) is 4.79 Å². The second kappa shape index (κ2) is 13.2. The summed E-state index contributed by atoms with van der Waals surface area (Å²) >= 11 is 0. The van der Waals surface area contributed by atoms with E-state index in [9.17, 15) is 34.2 Å². The molecule has 38 heavy (non-hydrogen) atoms. The molecule has 0 radical (unpaired) electrons. The van der Waals surface area contributed by atoms with Gasteiger partial charge in [-0.3, -0.25) is 19.2 Å². The van der Waals surface area contributed by atoms with E-state index in [1.54, 1.807) is 24.3 Å². The number of hydrogen-bond donors (Lipinski definition) is 5. The summed E-state index contributed by atoms with van der Waals surface area (Å²) in [5, 5.41) is 24.3. The van der Waals surface area contributed by atoms with Crippen molar-refractivity contribution in [2.45, 2.75) is 69.5 Å². The van der Waals surface area contributed by atoms with Gasteiger partial charge in [0.05, 0.1) is 12.7 Å². The van der Waals surface area contributed by atoms with Crippen LogP contribution in [-0.4, -0.2) is 99.7 Å². The van der Waals surface area contributed by atoms with Crippen LogP contribution in [0.2, 0.25) is 0 Å². The first-order chi connectivity index (χ1) is 18.1. The summed E-state index contributed by atoms with van der Waals surface area (Å²) in [6.45, 7) is 1.12. The molecule has 1 aromatic carbocycles. The maximum Gasteiger partial charge on any atom is 0.408 e. The monoisotopic (exact) mass is 533 g/mol. The predicted molar refractivity (Wildman–Crippen MR) is 133 cm³/mol. The van der Waals surface area contributed by atoms with Gasteiger partial charge in [-0.15, -0.1) is 0 Å². The number of amides is 5. The number of likely N-dealkylation sites (tertiary alicyclic amines) is 2. The van der Waals surface area contributed by atoms with E-state index < -0.39 is 66.6 Å². The van der Waals surface area contributed by atoms with Crippen molar-refractivity contribution in [1.29, 1.82) is 0 Å². The Hall–Kier alpha value is -3.71. The molecule has 13 nitrogen and oxygen atoms in total. The van der Waals surface area contributed by atoms with Gasteiger partial charge in [0.1, 0.15) is 30.8 Å². The summed E-state index contributed by atoms with van der Waals surface area (Å²) in [6.07, 6.45) is -0.348. The van der Waals surface area contributed by atoms with Gasteiger partial charge >= 0.3 is 6.09 Å². The highest BCUT2D eigenvalue weighted by atomic mass is 16.5. The van der Waals surface area contributed by atoms with Crippen molar-refractivity contribution in [1.82, 2.24) is 20.4 Å².